The molecular weight excluding hydrogens is 252 g/mol. The number of nitrogens with one attached hydrogen (secondary N) is 1. The highest BCUT2D eigenvalue weighted by molar-refractivity contribution is 6.04. The highest BCUT2D eigenvalue weighted by atomic mass is 16.2. The zero-order valence-electron chi connectivity index (χ0n) is 12.4. The number of nitrogens with zero attached hydrogens (tertiary/aromatic N) is 1. The summed E-state index contributed by atoms with van der Waals surface area (Å²) in [6.45, 7) is 7.45. The first-order chi connectivity index (χ1) is 9.19. The molecule has 0 fully saturated rings. The number of hydrogen-bond donors (Lipinski definition) is 1. The Labute approximate surface area is 119 Å². The van der Waals surface area contributed by atoms with Crippen LogP contribution in [-0.2, 0) is 4.79 Å². The quantitative estimate of drug-likeness (QED) is 0.919. The zero-order valence-corrected chi connectivity index (χ0v) is 12.4. The molecule has 1 rings (SSSR count). The molecule has 0 aromatic heterocycles. The number of carbonyl (C=O) groups excluding carboxylic acids is 2. The number of carbonyl (C=O) groups is 2. The van der Waals surface area contributed by atoms with Gasteiger partial charge in [0.2, 0.25) is 5.91 Å². The monoisotopic (exact) mass is 272 g/mol. The highest BCUT2D eigenvalue weighted by Gasteiger charge is 2.39. The second kappa shape index (κ2) is 5.87. The maximum absolute atomic E-state index is 12.0. The Bertz CT molecular complexity index is 538. The SMILES string of the molecule is CC(C)(C)[C@@](C)(C#N)CC(=O)NC(=O)c1ccccc1. The van der Waals surface area contributed by atoms with E-state index in [-0.39, 0.29) is 11.8 Å². The van der Waals surface area contributed by atoms with Gasteiger partial charge in [-0.1, -0.05) is 39.0 Å². The third-order valence-corrected chi connectivity index (χ3v) is 3.71. The minimum Gasteiger partial charge on any atom is -0.292 e. The molecular formula is C16H20N2O2. The van der Waals surface area contributed by atoms with Crippen LogP contribution in [0.1, 0.15) is 44.5 Å². The van der Waals surface area contributed by atoms with Crippen LogP contribution in [0.25, 0.3) is 0 Å². The second-order valence-electron chi connectivity index (χ2n) is 6.11. The summed E-state index contributed by atoms with van der Waals surface area (Å²) in [7, 11) is 0. The Morgan fingerprint density at radius 3 is 2.15 bits per heavy atom. The first-order valence-electron chi connectivity index (χ1n) is 6.50. The van der Waals surface area contributed by atoms with Crippen LogP contribution in [0.2, 0.25) is 0 Å². The maximum Gasteiger partial charge on any atom is 0.257 e. The van der Waals surface area contributed by atoms with Crippen molar-refractivity contribution in [2.24, 2.45) is 10.8 Å². The van der Waals surface area contributed by atoms with Gasteiger partial charge < -0.3 is 0 Å². The highest BCUT2D eigenvalue weighted by Crippen LogP contribution is 2.40. The van der Waals surface area contributed by atoms with Crippen LogP contribution < -0.4 is 5.32 Å². The minimum absolute atomic E-state index is 0.00836. The van der Waals surface area contributed by atoms with Gasteiger partial charge in [0.15, 0.2) is 0 Å². The fraction of sp³-hybridized carbons (Fsp3) is 0.438. The number of amides is 2. The summed E-state index contributed by atoms with van der Waals surface area (Å²) in [5.74, 6) is -0.873. The Balaban J connectivity index is 2.74. The molecule has 1 aromatic rings. The minimum atomic E-state index is -0.825. The van der Waals surface area contributed by atoms with Crippen LogP contribution in [0.15, 0.2) is 30.3 Å². The molecule has 0 aliphatic heterocycles. The maximum atomic E-state index is 12.0. The van der Waals surface area contributed by atoms with Crippen molar-refractivity contribution in [1.82, 2.24) is 5.32 Å². The Hall–Kier alpha value is -2.15. The summed E-state index contributed by atoms with van der Waals surface area (Å²) < 4.78 is 0. The van der Waals surface area contributed by atoms with Crippen molar-refractivity contribution in [3.8, 4) is 6.07 Å². The van der Waals surface area contributed by atoms with Gasteiger partial charge in [-0.2, -0.15) is 5.26 Å². The molecule has 0 aliphatic carbocycles. The third kappa shape index (κ3) is 3.67. The first-order valence-corrected chi connectivity index (χ1v) is 6.50. The van der Waals surface area contributed by atoms with Crippen molar-refractivity contribution in [3.05, 3.63) is 35.9 Å². The Morgan fingerprint density at radius 1 is 1.15 bits per heavy atom. The van der Waals surface area contributed by atoms with Crippen LogP contribution >= 0.6 is 0 Å². The zero-order chi connectivity index (χ0) is 15.4. The van der Waals surface area contributed by atoms with E-state index in [9.17, 15) is 14.9 Å². The van der Waals surface area contributed by atoms with Crippen molar-refractivity contribution in [2.45, 2.75) is 34.1 Å². The average Bonchev–Trinajstić information content (AvgIpc) is 2.38. The van der Waals surface area contributed by atoms with Gasteiger partial charge in [0.05, 0.1) is 11.5 Å². The molecule has 20 heavy (non-hydrogen) atoms. The van der Waals surface area contributed by atoms with Gasteiger partial charge in [-0.3, -0.25) is 14.9 Å². The van der Waals surface area contributed by atoms with Gasteiger partial charge in [-0.05, 0) is 24.5 Å². The van der Waals surface area contributed by atoms with Gasteiger partial charge >= 0.3 is 0 Å². The van der Waals surface area contributed by atoms with E-state index < -0.39 is 17.2 Å². The van der Waals surface area contributed by atoms with Crippen LogP contribution in [-0.4, -0.2) is 11.8 Å². The van der Waals surface area contributed by atoms with Gasteiger partial charge in [-0.25, -0.2) is 0 Å². The lowest BCUT2D eigenvalue weighted by Gasteiger charge is -2.35. The lowest BCUT2D eigenvalue weighted by atomic mass is 9.67. The van der Waals surface area contributed by atoms with Crippen LogP contribution in [0.5, 0.6) is 0 Å². The predicted octanol–water partition coefficient (Wildman–Crippen LogP) is 2.91. The molecule has 0 bridgehead atoms. The third-order valence-electron chi connectivity index (χ3n) is 3.71. The molecule has 4 nitrogen and oxygen atoms in total. The van der Waals surface area contributed by atoms with Gasteiger partial charge in [-0.15, -0.1) is 0 Å². The van der Waals surface area contributed by atoms with Gasteiger partial charge in [0.25, 0.3) is 5.91 Å². The molecule has 4 heteroatoms. The molecule has 0 saturated carbocycles. The molecule has 0 radical (unpaired) electrons. The number of imide groups is 1. The van der Waals surface area contributed by atoms with E-state index >= 15 is 0 Å². The summed E-state index contributed by atoms with van der Waals surface area (Å²) in [5, 5.41) is 11.6. The molecule has 0 spiro atoms. The number of rotatable bonds is 3. The number of nitriles is 1. The van der Waals surface area contributed by atoms with Crippen molar-refractivity contribution in [2.75, 3.05) is 0 Å². The fourth-order valence-electron chi connectivity index (χ4n) is 1.63. The summed E-state index contributed by atoms with van der Waals surface area (Å²) in [5.41, 5.74) is -0.751. The van der Waals surface area contributed by atoms with E-state index in [0.29, 0.717) is 5.56 Å². The largest absolute Gasteiger partial charge is 0.292 e. The van der Waals surface area contributed by atoms with E-state index in [2.05, 4.69) is 11.4 Å². The fourth-order valence-corrected chi connectivity index (χ4v) is 1.63. The van der Waals surface area contributed by atoms with Crippen LogP contribution in [0, 0.1) is 22.2 Å². The van der Waals surface area contributed by atoms with Crippen molar-refractivity contribution in [1.29, 1.82) is 5.26 Å². The predicted molar refractivity (Wildman–Crippen MR) is 76.7 cm³/mol. The molecule has 106 valence electrons. The summed E-state index contributed by atoms with van der Waals surface area (Å²) in [4.78, 5) is 23.8. The molecule has 1 N–H and O–H groups in total. The van der Waals surface area contributed by atoms with Crippen molar-refractivity contribution >= 4 is 11.8 Å². The van der Waals surface area contributed by atoms with Gasteiger partial charge in [0.1, 0.15) is 0 Å². The molecule has 2 amide bonds. The summed E-state index contributed by atoms with van der Waals surface area (Å²) in [6, 6.07) is 10.7. The lowest BCUT2D eigenvalue weighted by Crippen LogP contribution is -2.39. The number of benzene rings is 1. The van der Waals surface area contributed by atoms with E-state index in [1.165, 1.54) is 0 Å². The topological polar surface area (TPSA) is 70.0 Å². The average molecular weight is 272 g/mol. The first kappa shape index (κ1) is 15.9. The second-order valence-corrected chi connectivity index (χ2v) is 6.11. The molecule has 0 heterocycles. The molecule has 0 unspecified atom stereocenters. The Kier molecular flexibility index (Phi) is 4.67. The Morgan fingerprint density at radius 2 is 1.70 bits per heavy atom. The number of hydrogen-bond acceptors (Lipinski definition) is 3. The molecule has 0 saturated heterocycles. The lowest BCUT2D eigenvalue weighted by molar-refractivity contribution is -0.122. The van der Waals surface area contributed by atoms with Crippen LogP contribution in [0.4, 0.5) is 0 Å². The van der Waals surface area contributed by atoms with E-state index in [4.69, 9.17) is 0 Å². The standard InChI is InChI=1S/C16H20N2O2/c1-15(2,3)16(4,11-17)10-13(19)18-14(20)12-8-6-5-7-9-12/h5-9H,10H2,1-4H3,(H,18,19,20)/t16-/m1/s1. The molecule has 1 aromatic carbocycles. The smallest absolute Gasteiger partial charge is 0.257 e. The van der Waals surface area contributed by atoms with Crippen molar-refractivity contribution in [3.63, 3.8) is 0 Å². The molecule has 1 atom stereocenters. The summed E-state index contributed by atoms with van der Waals surface area (Å²) in [6.07, 6.45) is -0.00836. The normalized spacial score (nSPS) is 13.9. The van der Waals surface area contributed by atoms with E-state index in [1.807, 2.05) is 20.8 Å². The van der Waals surface area contributed by atoms with Crippen molar-refractivity contribution < 1.29 is 9.59 Å². The van der Waals surface area contributed by atoms with E-state index in [1.54, 1.807) is 37.3 Å². The molecule has 0 aliphatic rings. The summed E-state index contributed by atoms with van der Waals surface area (Å²) >= 11 is 0. The van der Waals surface area contributed by atoms with Gasteiger partial charge in [0, 0.05) is 12.0 Å². The van der Waals surface area contributed by atoms with Crippen LogP contribution in [0.3, 0.4) is 0 Å². The van der Waals surface area contributed by atoms with E-state index in [0.717, 1.165) is 0 Å².